The molecule has 0 bridgehead atoms. The molecule has 2 amide bonds. The number of aromatic nitrogens is 3. The molecule has 0 radical (unpaired) electrons. The summed E-state index contributed by atoms with van der Waals surface area (Å²) in [5.74, 6) is 0.562. The number of nitro benzene ring substituents is 1. The topological polar surface area (TPSA) is 157 Å². The minimum absolute atomic E-state index is 0.0952. The van der Waals surface area contributed by atoms with Crippen LogP contribution < -0.4 is 10.0 Å². The molecule has 0 atom stereocenters. The number of non-ortho nitro benzene ring substituents is 1. The van der Waals surface area contributed by atoms with E-state index in [0.29, 0.717) is 17.0 Å². The number of nitrogens with zero attached hydrogens (tertiary/aromatic N) is 4. The maximum Gasteiger partial charge on any atom is 0.335 e. The number of urea groups is 1. The van der Waals surface area contributed by atoms with E-state index in [1.807, 2.05) is 4.72 Å². The van der Waals surface area contributed by atoms with Gasteiger partial charge in [0.1, 0.15) is 16.5 Å². The van der Waals surface area contributed by atoms with Crippen LogP contribution in [0.15, 0.2) is 41.3 Å². The number of anilines is 1. The Morgan fingerprint density at radius 3 is 2.25 bits per heavy atom. The quantitative estimate of drug-likeness (QED) is 0.496. The van der Waals surface area contributed by atoms with Gasteiger partial charge >= 0.3 is 6.03 Å². The number of fused-ring (bicyclic) bond motifs is 1. The van der Waals surface area contributed by atoms with Gasteiger partial charge in [0, 0.05) is 6.07 Å². The summed E-state index contributed by atoms with van der Waals surface area (Å²) in [6, 6.07) is 7.22. The molecule has 2 aromatic carbocycles. The standard InChI is InChI=1S/C16H14N6O5S/c1-9-17-10(2)19-15(18-9)20-16(23)21-28(26,27)13-8-4-6-11-5-3-7-12(14(11)13)22(24)25/h3-8H,1-2H3,(H2,17,18,19,20,21,23). The molecule has 3 aromatic rings. The number of hydrogen-bond donors (Lipinski definition) is 2. The van der Waals surface area contributed by atoms with Crippen LogP contribution in [-0.2, 0) is 10.0 Å². The third-order valence-electron chi connectivity index (χ3n) is 3.64. The molecule has 0 fully saturated rings. The number of nitrogens with one attached hydrogen (secondary N) is 2. The number of carbonyl (C=O) groups is 1. The van der Waals surface area contributed by atoms with Gasteiger partial charge < -0.3 is 0 Å². The first kappa shape index (κ1) is 19.1. The van der Waals surface area contributed by atoms with Crippen LogP contribution in [-0.4, -0.2) is 34.3 Å². The molecule has 12 heteroatoms. The van der Waals surface area contributed by atoms with Gasteiger partial charge in [-0.05, 0) is 25.3 Å². The van der Waals surface area contributed by atoms with Crippen LogP contribution in [0.3, 0.4) is 0 Å². The summed E-state index contributed by atoms with van der Waals surface area (Å²) >= 11 is 0. The van der Waals surface area contributed by atoms with Crippen LogP contribution in [0.5, 0.6) is 0 Å². The van der Waals surface area contributed by atoms with Gasteiger partial charge in [0.05, 0.1) is 10.3 Å². The van der Waals surface area contributed by atoms with E-state index in [1.54, 1.807) is 13.8 Å². The van der Waals surface area contributed by atoms with Crippen LogP contribution in [0, 0.1) is 24.0 Å². The van der Waals surface area contributed by atoms with Crippen LogP contribution in [0.2, 0.25) is 0 Å². The van der Waals surface area contributed by atoms with E-state index in [9.17, 15) is 23.3 Å². The first-order valence-corrected chi connectivity index (χ1v) is 9.35. The zero-order valence-corrected chi connectivity index (χ0v) is 15.5. The smallest absolute Gasteiger partial charge is 0.275 e. The van der Waals surface area contributed by atoms with E-state index in [4.69, 9.17) is 0 Å². The van der Waals surface area contributed by atoms with Crippen molar-refractivity contribution >= 4 is 38.5 Å². The Kier molecular flexibility index (Phi) is 4.88. The van der Waals surface area contributed by atoms with E-state index in [1.165, 1.54) is 36.4 Å². The predicted octanol–water partition coefficient (Wildman–Crippen LogP) is 2.06. The number of benzene rings is 2. The molecule has 2 N–H and O–H groups in total. The predicted molar refractivity (Wildman–Crippen MR) is 99.2 cm³/mol. The van der Waals surface area contributed by atoms with Gasteiger partial charge in [-0.25, -0.2) is 22.9 Å². The van der Waals surface area contributed by atoms with Gasteiger partial charge in [0.25, 0.3) is 15.7 Å². The third-order valence-corrected chi connectivity index (χ3v) is 5.02. The molecular formula is C16H14N6O5S. The summed E-state index contributed by atoms with van der Waals surface area (Å²) in [4.78, 5) is 34.1. The van der Waals surface area contributed by atoms with Crippen molar-refractivity contribution < 1.29 is 18.1 Å². The molecule has 0 spiro atoms. The van der Waals surface area contributed by atoms with Gasteiger partial charge in [-0.2, -0.15) is 9.97 Å². The summed E-state index contributed by atoms with van der Waals surface area (Å²) < 4.78 is 27.2. The molecule has 1 heterocycles. The van der Waals surface area contributed by atoms with Crippen molar-refractivity contribution in [1.82, 2.24) is 19.7 Å². The summed E-state index contributed by atoms with van der Waals surface area (Å²) in [5, 5.41) is 13.8. The Morgan fingerprint density at radius 1 is 1.04 bits per heavy atom. The molecule has 0 aliphatic heterocycles. The maximum absolute atomic E-state index is 12.7. The van der Waals surface area contributed by atoms with Crippen molar-refractivity contribution in [2.45, 2.75) is 18.7 Å². The molecule has 3 rings (SSSR count). The van der Waals surface area contributed by atoms with Crippen molar-refractivity contribution in [2.24, 2.45) is 0 Å². The third kappa shape index (κ3) is 3.86. The fourth-order valence-corrected chi connectivity index (χ4v) is 3.79. The number of rotatable bonds is 4. The fourth-order valence-electron chi connectivity index (χ4n) is 2.64. The lowest BCUT2D eigenvalue weighted by molar-refractivity contribution is -0.383. The molecule has 1 aromatic heterocycles. The Balaban J connectivity index is 1.97. The number of amides is 2. The van der Waals surface area contributed by atoms with E-state index >= 15 is 0 Å². The van der Waals surface area contributed by atoms with Crippen LogP contribution in [0.25, 0.3) is 10.8 Å². The molecule has 0 aliphatic carbocycles. The second-order valence-corrected chi connectivity index (χ2v) is 7.35. The van der Waals surface area contributed by atoms with Crippen molar-refractivity contribution in [1.29, 1.82) is 0 Å². The molecule has 0 unspecified atom stereocenters. The van der Waals surface area contributed by atoms with E-state index < -0.39 is 25.9 Å². The molecule has 0 saturated carbocycles. The first-order chi connectivity index (χ1) is 13.2. The van der Waals surface area contributed by atoms with Gasteiger partial charge in [-0.1, -0.05) is 24.3 Å². The Labute approximate surface area is 159 Å². The summed E-state index contributed by atoms with van der Waals surface area (Å²) in [7, 11) is -4.42. The zero-order chi connectivity index (χ0) is 20.5. The van der Waals surface area contributed by atoms with Gasteiger partial charge in [-0.3, -0.25) is 15.4 Å². The van der Waals surface area contributed by atoms with Crippen LogP contribution in [0.4, 0.5) is 16.4 Å². The summed E-state index contributed by atoms with van der Waals surface area (Å²) in [5.41, 5.74) is -0.386. The second kappa shape index (κ2) is 7.15. The first-order valence-electron chi connectivity index (χ1n) is 7.86. The highest BCUT2D eigenvalue weighted by atomic mass is 32.2. The molecule has 11 nitrogen and oxygen atoms in total. The lowest BCUT2D eigenvalue weighted by atomic mass is 10.1. The van der Waals surface area contributed by atoms with Crippen molar-refractivity contribution in [2.75, 3.05) is 5.32 Å². The van der Waals surface area contributed by atoms with E-state index in [-0.39, 0.29) is 17.0 Å². The van der Waals surface area contributed by atoms with Gasteiger partial charge in [0.2, 0.25) is 5.95 Å². The molecule has 144 valence electrons. The molecule has 28 heavy (non-hydrogen) atoms. The van der Waals surface area contributed by atoms with Crippen molar-refractivity contribution in [3.8, 4) is 0 Å². The lowest BCUT2D eigenvalue weighted by Gasteiger charge is -2.10. The highest BCUT2D eigenvalue weighted by molar-refractivity contribution is 7.90. The summed E-state index contributed by atoms with van der Waals surface area (Å²) in [6.07, 6.45) is 0. The monoisotopic (exact) mass is 402 g/mol. The van der Waals surface area contributed by atoms with Crippen LogP contribution >= 0.6 is 0 Å². The SMILES string of the molecule is Cc1nc(C)nc(NC(=O)NS(=O)(=O)c2cccc3cccc([N+](=O)[O-])c23)n1. The molecular weight excluding hydrogens is 388 g/mol. The molecule has 0 aliphatic rings. The lowest BCUT2D eigenvalue weighted by Crippen LogP contribution is -2.35. The highest BCUT2D eigenvalue weighted by Gasteiger charge is 2.25. The Morgan fingerprint density at radius 2 is 1.64 bits per heavy atom. The Hall–Kier alpha value is -3.67. The Bertz CT molecular complexity index is 1190. The number of nitro groups is 1. The second-order valence-electron chi connectivity index (χ2n) is 5.70. The van der Waals surface area contributed by atoms with Crippen LogP contribution in [0.1, 0.15) is 11.6 Å². The normalized spacial score (nSPS) is 11.2. The fraction of sp³-hybridized carbons (Fsp3) is 0.125. The van der Waals surface area contributed by atoms with E-state index in [0.717, 1.165) is 0 Å². The largest absolute Gasteiger partial charge is 0.335 e. The summed E-state index contributed by atoms with van der Waals surface area (Å²) in [6.45, 7) is 3.17. The van der Waals surface area contributed by atoms with Gasteiger partial charge in [-0.15, -0.1) is 0 Å². The average Bonchev–Trinajstić information content (AvgIpc) is 2.58. The van der Waals surface area contributed by atoms with E-state index in [2.05, 4.69) is 20.3 Å². The van der Waals surface area contributed by atoms with Crippen molar-refractivity contribution in [3.05, 3.63) is 58.2 Å². The number of carbonyl (C=O) groups excluding carboxylic acids is 1. The minimum Gasteiger partial charge on any atom is -0.275 e. The molecule has 0 saturated heterocycles. The number of sulfonamides is 1. The minimum atomic E-state index is -4.42. The maximum atomic E-state index is 12.7. The van der Waals surface area contributed by atoms with Gasteiger partial charge in [0.15, 0.2) is 0 Å². The number of aryl methyl sites for hydroxylation is 2. The zero-order valence-electron chi connectivity index (χ0n) is 14.7. The number of hydrogen-bond acceptors (Lipinski definition) is 8. The van der Waals surface area contributed by atoms with Crippen molar-refractivity contribution in [3.63, 3.8) is 0 Å². The highest BCUT2D eigenvalue weighted by Crippen LogP contribution is 2.31. The average molecular weight is 402 g/mol.